The minimum atomic E-state index is -2.60. The molecule has 0 N–H and O–H groups in total. The number of aromatic nitrogens is 2. The molecule has 2 aromatic rings. The molecule has 0 fully saturated rings. The van der Waals surface area contributed by atoms with E-state index >= 15 is 0 Å². The van der Waals surface area contributed by atoms with Crippen LogP contribution in [0.4, 0.5) is 8.78 Å². The third-order valence-electron chi connectivity index (χ3n) is 2.24. The molecule has 0 unspecified atom stereocenters. The Kier molecular flexibility index (Phi) is 2.12. The first kappa shape index (κ1) is 9.59. The van der Waals surface area contributed by atoms with E-state index in [0.717, 1.165) is 0 Å². The van der Waals surface area contributed by atoms with Crippen molar-refractivity contribution in [2.24, 2.45) is 7.05 Å². The predicted octanol–water partition coefficient (Wildman–Crippen LogP) is 2.38. The quantitative estimate of drug-likeness (QED) is 0.720. The van der Waals surface area contributed by atoms with E-state index < -0.39 is 6.43 Å². The maximum absolute atomic E-state index is 12.5. The van der Waals surface area contributed by atoms with Crippen molar-refractivity contribution in [2.75, 3.05) is 0 Å². The van der Waals surface area contributed by atoms with Crippen LogP contribution < -0.4 is 0 Å². The molecule has 0 spiro atoms. The average Bonchev–Trinajstić information content (AvgIpc) is 2.55. The zero-order valence-corrected chi connectivity index (χ0v) is 7.91. The summed E-state index contributed by atoms with van der Waals surface area (Å²) in [5, 5.41) is 8.65. The van der Waals surface area contributed by atoms with E-state index in [9.17, 15) is 8.78 Å². The van der Waals surface area contributed by atoms with Crippen molar-refractivity contribution in [3.05, 3.63) is 29.6 Å². The zero-order valence-electron chi connectivity index (χ0n) is 7.91. The molecule has 1 aromatic heterocycles. The van der Waals surface area contributed by atoms with Crippen LogP contribution in [0.3, 0.4) is 0 Å². The Balaban J connectivity index is 2.72. The molecular weight excluding hydrogens is 200 g/mol. The molecule has 0 aliphatic heterocycles. The molecule has 1 aromatic carbocycles. The van der Waals surface area contributed by atoms with Gasteiger partial charge in [-0.25, -0.2) is 13.8 Å². The highest BCUT2D eigenvalue weighted by molar-refractivity contribution is 5.77. The normalized spacial score (nSPS) is 10.9. The molecule has 0 aliphatic carbocycles. The monoisotopic (exact) mass is 207 g/mol. The van der Waals surface area contributed by atoms with Crippen LogP contribution in [0.15, 0.2) is 18.2 Å². The Morgan fingerprint density at radius 3 is 2.80 bits per heavy atom. The van der Waals surface area contributed by atoms with Crippen LogP contribution in [-0.4, -0.2) is 9.55 Å². The van der Waals surface area contributed by atoms with Gasteiger partial charge in [-0.15, -0.1) is 0 Å². The van der Waals surface area contributed by atoms with Gasteiger partial charge in [0.05, 0.1) is 22.7 Å². The summed E-state index contributed by atoms with van der Waals surface area (Å²) in [6.45, 7) is 0. The third kappa shape index (κ3) is 1.44. The van der Waals surface area contributed by atoms with Crippen LogP contribution in [0, 0.1) is 11.3 Å². The predicted molar refractivity (Wildman–Crippen MR) is 50.4 cm³/mol. The first-order chi connectivity index (χ1) is 7.13. The van der Waals surface area contributed by atoms with Crippen molar-refractivity contribution in [2.45, 2.75) is 6.43 Å². The van der Waals surface area contributed by atoms with Crippen molar-refractivity contribution in [1.29, 1.82) is 5.26 Å². The smallest absolute Gasteiger partial charge is 0.295 e. The average molecular weight is 207 g/mol. The molecule has 3 nitrogen and oxygen atoms in total. The molecule has 0 aliphatic rings. The second-order valence-electron chi connectivity index (χ2n) is 3.15. The Labute approximate surface area is 84.6 Å². The molecule has 15 heavy (non-hydrogen) atoms. The lowest BCUT2D eigenvalue weighted by molar-refractivity contribution is 0.137. The van der Waals surface area contributed by atoms with E-state index in [1.807, 2.05) is 6.07 Å². The van der Waals surface area contributed by atoms with Crippen LogP contribution >= 0.6 is 0 Å². The number of hydrogen-bond donors (Lipinski definition) is 0. The topological polar surface area (TPSA) is 41.6 Å². The van der Waals surface area contributed by atoms with Crippen molar-refractivity contribution in [3.63, 3.8) is 0 Å². The highest BCUT2D eigenvalue weighted by Gasteiger charge is 2.16. The maximum Gasteiger partial charge on any atom is 0.295 e. The minimum absolute atomic E-state index is 0.278. The molecule has 0 amide bonds. The second kappa shape index (κ2) is 3.31. The summed E-state index contributed by atoms with van der Waals surface area (Å²) in [6, 6.07) is 6.64. The first-order valence-electron chi connectivity index (χ1n) is 4.28. The molecule has 0 saturated carbocycles. The molecule has 5 heteroatoms. The first-order valence-corrected chi connectivity index (χ1v) is 4.28. The van der Waals surface area contributed by atoms with Gasteiger partial charge in [-0.1, -0.05) is 0 Å². The molecule has 2 rings (SSSR count). The molecule has 0 bridgehead atoms. The number of nitriles is 1. The highest BCUT2D eigenvalue weighted by atomic mass is 19.3. The van der Waals surface area contributed by atoms with Gasteiger partial charge in [-0.2, -0.15) is 5.26 Å². The van der Waals surface area contributed by atoms with Gasteiger partial charge in [0.25, 0.3) is 6.43 Å². The summed E-state index contributed by atoms with van der Waals surface area (Å²) in [5.74, 6) is -0.278. The van der Waals surface area contributed by atoms with Crippen molar-refractivity contribution in [1.82, 2.24) is 9.55 Å². The fourth-order valence-electron chi connectivity index (χ4n) is 1.48. The van der Waals surface area contributed by atoms with Crippen molar-refractivity contribution < 1.29 is 8.78 Å². The highest BCUT2D eigenvalue weighted by Crippen LogP contribution is 2.23. The van der Waals surface area contributed by atoms with Crippen LogP contribution in [0.25, 0.3) is 11.0 Å². The van der Waals surface area contributed by atoms with E-state index in [1.165, 1.54) is 17.7 Å². The van der Waals surface area contributed by atoms with E-state index in [-0.39, 0.29) is 5.82 Å². The lowest BCUT2D eigenvalue weighted by Crippen LogP contribution is -1.97. The number of nitrogens with zero attached hydrogens (tertiary/aromatic N) is 3. The van der Waals surface area contributed by atoms with Gasteiger partial charge in [0.2, 0.25) is 0 Å². The van der Waals surface area contributed by atoms with E-state index in [4.69, 9.17) is 5.26 Å². The van der Waals surface area contributed by atoms with Crippen LogP contribution in [0.1, 0.15) is 17.8 Å². The van der Waals surface area contributed by atoms with Crippen molar-refractivity contribution in [3.8, 4) is 6.07 Å². The van der Waals surface area contributed by atoms with Gasteiger partial charge in [-0.05, 0) is 18.2 Å². The Morgan fingerprint density at radius 2 is 2.20 bits per heavy atom. The number of rotatable bonds is 1. The van der Waals surface area contributed by atoms with Gasteiger partial charge >= 0.3 is 0 Å². The Bertz CT molecular complexity index is 552. The van der Waals surface area contributed by atoms with Gasteiger partial charge in [0.1, 0.15) is 0 Å². The lowest BCUT2D eigenvalue weighted by atomic mass is 10.2. The number of fused-ring (bicyclic) bond motifs is 1. The number of hydrogen-bond acceptors (Lipinski definition) is 2. The largest absolute Gasteiger partial charge is 0.326 e. The van der Waals surface area contributed by atoms with Crippen LogP contribution in [0.2, 0.25) is 0 Å². The molecule has 0 radical (unpaired) electrons. The van der Waals surface area contributed by atoms with Gasteiger partial charge in [-0.3, -0.25) is 0 Å². The number of alkyl halides is 2. The lowest BCUT2D eigenvalue weighted by Gasteiger charge is -1.99. The number of benzene rings is 1. The van der Waals surface area contributed by atoms with Gasteiger partial charge < -0.3 is 4.57 Å². The summed E-state index contributed by atoms with van der Waals surface area (Å²) >= 11 is 0. The number of halogens is 2. The molecule has 0 saturated heterocycles. The maximum atomic E-state index is 12.5. The van der Waals surface area contributed by atoms with Gasteiger partial charge in [0, 0.05) is 7.05 Å². The summed E-state index contributed by atoms with van der Waals surface area (Å²) in [6.07, 6.45) is -2.60. The second-order valence-corrected chi connectivity index (χ2v) is 3.15. The van der Waals surface area contributed by atoms with Gasteiger partial charge in [0.15, 0.2) is 5.82 Å². The zero-order chi connectivity index (χ0) is 11.0. The molecule has 0 atom stereocenters. The molecule has 1 heterocycles. The van der Waals surface area contributed by atoms with Crippen molar-refractivity contribution >= 4 is 11.0 Å². The van der Waals surface area contributed by atoms with E-state index in [2.05, 4.69) is 4.98 Å². The van der Waals surface area contributed by atoms with E-state index in [1.54, 1.807) is 12.1 Å². The number of imidazole rings is 1. The van der Waals surface area contributed by atoms with Crippen LogP contribution in [-0.2, 0) is 7.05 Å². The fourth-order valence-corrected chi connectivity index (χ4v) is 1.48. The Hall–Kier alpha value is -1.96. The summed E-state index contributed by atoms with van der Waals surface area (Å²) in [7, 11) is 1.53. The SMILES string of the molecule is Cn1c(C(F)F)nc2cc(C#N)ccc21. The summed E-state index contributed by atoms with van der Waals surface area (Å²) in [5.41, 5.74) is 1.44. The minimum Gasteiger partial charge on any atom is -0.326 e. The fraction of sp³-hybridized carbons (Fsp3) is 0.200. The molecule has 76 valence electrons. The molecular formula is C10H7F2N3. The van der Waals surface area contributed by atoms with E-state index in [0.29, 0.717) is 16.6 Å². The third-order valence-corrected chi connectivity index (χ3v) is 2.24. The Morgan fingerprint density at radius 1 is 1.47 bits per heavy atom. The summed E-state index contributed by atoms with van der Waals surface area (Å²) in [4.78, 5) is 3.78. The number of aryl methyl sites for hydroxylation is 1. The summed E-state index contributed by atoms with van der Waals surface area (Å²) < 4.78 is 26.3. The van der Waals surface area contributed by atoms with Crippen LogP contribution in [0.5, 0.6) is 0 Å². The standard InChI is InChI=1S/C10H7F2N3/c1-15-8-3-2-6(5-13)4-7(8)14-10(15)9(11)12/h2-4,9H,1H3.